The van der Waals surface area contributed by atoms with Crippen molar-refractivity contribution in [1.29, 1.82) is 0 Å². The number of rotatable bonds is 5. The second-order valence-electron chi connectivity index (χ2n) is 8.20. The van der Waals surface area contributed by atoms with E-state index in [9.17, 15) is 9.59 Å². The standard InChI is InChI=1S/C23H28N4O2/c1-15-6-9-25-21(12-15)26-22(28)18-7-10-27(11-8-18)23(29)20-13-19(20)17-4-2-16(14-24)3-5-17/h2-6,9,12,18-20H,7-8,10-11,13-14,24H2,1H3,(H,25,26,28)/t19-,20+/m0/s1. The molecule has 0 spiro atoms. The molecule has 2 aromatic rings. The highest BCUT2D eigenvalue weighted by Gasteiger charge is 2.46. The number of carbonyl (C=O) groups excluding carboxylic acids is 2. The Bertz CT molecular complexity index is 888. The Labute approximate surface area is 171 Å². The molecule has 1 saturated carbocycles. The molecule has 1 saturated heterocycles. The summed E-state index contributed by atoms with van der Waals surface area (Å²) in [6.07, 6.45) is 4.01. The van der Waals surface area contributed by atoms with Crippen molar-refractivity contribution < 1.29 is 9.59 Å². The highest BCUT2D eigenvalue weighted by atomic mass is 16.2. The van der Waals surface area contributed by atoms with E-state index in [1.807, 2.05) is 36.1 Å². The van der Waals surface area contributed by atoms with Gasteiger partial charge in [0.15, 0.2) is 0 Å². The third kappa shape index (κ3) is 4.48. The summed E-state index contributed by atoms with van der Waals surface area (Å²) in [6, 6.07) is 12.0. The molecule has 0 bridgehead atoms. The first-order valence-electron chi connectivity index (χ1n) is 10.4. The van der Waals surface area contributed by atoms with E-state index in [4.69, 9.17) is 5.73 Å². The van der Waals surface area contributed by atoms with E-state index in [0.717, 1.165) is 17.5 Å². The molecule has 6 heteroatoms. The van der Waals surface area contributed by atoms with Crippen molar-refractivity contribution >= 4 is 17.6 Å². The molecule has 3 N–H and O–H groups in total. The fourth-order valence-electron chi connectivity index (χ4n) is 4.17. The lowest BCUT2D eigenvalue weighted by Gasteiger charge is -2.31. The smallest absolute Gasteiger partial charge is 0.228 e. The van der Waals surface area contributed by atoms with E-state index in [-0.39, 0.29) is 23.7 Å². The van der Waals surface area contributed by atoms with Crippen molar-refractivity contribution in [3.63, 3.8) is 0 Å². The number of nitrogens with two attached hydrogens (primary N) is 1. The van der Waals surface area contributed by atoms with Crippen molar-refractivity contribution in [1.82, 2.24) is 9.88 Å². The maximum Gasteiger partial charge on any atom is 0.228 e. The van der Waals surface area contributed by atoms with Crippen LogP contribution >= 0.6 is 0 Å². The molecular formula is C23H28N4O2. The van der Waals surface area contributed by atoms with Gasteiger partial charge in [0.2, 0.25) is 11.8 Å². The molecule has 1 aromatic heterocycles. The van der Waals surface area contributed by atoms with Gasteiger partial charge in [0.25, 0.3) is 0 Å². The van der Waals surface area contributed by atoms with Gasteiger partial charge in [-0.3, -0.25) is 9.59 Å². The number of hydrogen-bond donors (Lipinski definition) is 2. The Hall–Kier alpha value is -2.73. The van der Waals surface area contributed by atoms with Gasteiger partial charge in [-0.05, 0) is 60.9 Å². The molecule has 4 rings (SSSR count). The molecule has 0 radical (unpaired) electrons. The van der Waals surface area contributed by atoms with Crippen molar-refractivity contribution in [2.24, 2.45) is 17.6 Å². The maximum absolute atomic E-state index is 12.9. The molecule has 29 heavy (non-hydrogen) atoms. The van der Waals surface area contributed by atoms with Gasteiger partial charge >= 0.3 is 0 Å². The fraction of sp³-hybridized carbons (Fsp3) is 0.435. The third-order valence-corrected chi connectivity index (χ3v) is 6.10. The number of nitrogens with one attached hydrogen (secondary N) is 1. The summed E-state index contributed by atoms with van der Waals surface area (Å²) >= 11 is 0. The second-order valence-corrected chi connectivity index (χ2v) is 8.20. The number of benzene rings is 1. The van der Waals surface area contributed by atoms with E-state index in [2.05, 4.69) is 22.4 Å². The number of pyridine rings is 1. The summed E-state index contributed by atoms with van der Waals surface area (Å²) in [5.74, 6) is 1.16. The zero-order chi connectivity index (χ0) is 20.4. The average molecular weight is 393 g/mol. The summed E-state index contributed by atoms with van der Waals surface area (Å²) < 4.78 is 0. The predicted molar refractivity (Wildman–Crippen MR) is 112 cm³/mol. The van der Waals surface area contributed by atoms with Gasteiger partial charge < -0.3 is 16.0 Å². The number of likely N-dealkylation sites (tertiary alicyclic amines) is 1. The van der Waals surface area contributed by atoms with Crippen molar-refractivity contribution in [2.45, 2.75) is 38.6 Å². The second kappa shape index (κ2) is 8.33. The summed E-state index contributed by atoms with van der Waals surface area (Å²) in [4.78, 5) is 31.5. The highest BCUT2D eigenvalue weighted by Crippen LogP contribution is 2.48. The predicted octanol–water partition coefficient (Wildman–Crippen LogP) is 2.83. The topological polar surface area (TPSA) is 88.3 Å². The Balaban J connectivity index is 1.27. The van der Waals surface area contributed by atoms with Gasteiger partial charge in [-0.2, -0.15) is 0 Å². The van der Waals surface area contributed by atoms with Crippen LogP contribution in [0.1, 0.15) is 41.9 Å². The van der Waals surface area contributed by atoms with Crippen LogP contribution in [0.5, 0.6) is 0 Å². The van der Waals surface area contributed by atoms with Crippen LogP contribution in [0.4, 0.5) is 5.82 Å². The lowest BCUT2D eigenvalue weighted by molar-refractivity contribution is -0.135. The lowest BCUT2D eigenvalue weighted by Crippen LogP contribution is -2.42. The molecule has 1 aromatic carbocycles. The minimum atomic E-state index is -0.0693. The van der Waals surface area contributed by atoms with Crippen LogP contribution in [0.25, 0.3) is 0 Å². The van der Waals surface area contributed by atoms with E-state index >= 15 is 0 Å². The monoisotopic (exact) mass is 392 g/mol. The van der Waals surface area contributed by atoms with E-state index in [0.29, 0.717) is 44.2 Å². The largest absolute Gasteiger partial charge is 0.342 e. The molecule has 1 aliphatic heterocycles. The SMILES string of the molecule is Cc1ccnc(NC(=O)C2CCN(C(=O)[C@@H]3C[C@H]3c3ccc(CN)cc3)CC2)c1. The van der Waals surface area contributed by atoms with Gasteiger partial charge in [0.05, 0.1) is 0 Å². The number of anilines is 1. The first-order valence-corrected chi connectivity index (χ1v) is 10.4. The summed E-state index contributed by atoms with van der Waals surface area (Å²) in [7, 11) is 0. The molecular weight excluding hydrogens is 364 g/mol. The average Bonchev–Trinajstić information content (AvgIpc) is 3.54. The van der Waals surface area contributed by atoms with Crippen LogP contribution in [0.3, 0.4) is 0 Å². The molecule has 2 heterocycles. The van der Waals surface area contributed by atoms with E-state index in [1.54, 1.807) is 6.20 Å². The zero-order valence-electron chi connectivity index (χ0n) is 16.8. The Morgan fingerprint density at radius 1 is 1.17 bits per heavy atom. The Kier molecular flexibility index (Phi) is 5.62. The van der Waals surface area contributed by atoms with Gasteiger partial charge in [-0.15, -0.1) is 0 Å². The fourth-order valence-corrected chi connectivity index (χ4v) is 4.17. The summed E-state index contributed by atoms with van der Waals surface area (Å²) in [6.45, 7) is 3.80. The zero-order valence-corrected chi connectivity index (χ0v) is 16.8. The number of nitrogens with zero attached hydrogens (tertiary/aromatic N) is 2. The van der Waals surface area contributed by atoms with E-state index < -0.39 is 0 Å². The van der Waals surface area contributed by atoms with Crippen molar-refractivity contribution in [3.05, 3.63) is 59.3 Å². The van der Waals surface area contributed by atoms with Crippen LogP contribution in [-0.4, -0.2) is 34.8 Å². The molecule has 2 amide bonds. The molecule has 6 nitrogen and oxygen atoms in total. The molecule has 152 valence electrons. The molecule has 0 unspecified atom stereocenters. The number of hydrogen-bond acceptors (Lipinski definition) is 4. The lowest BCUT2D eigenvalue weighted by atomic mass is 9.95. The normalized spacial score (nSPS) is 21.7. The number of piperidine rings is 1. The first kappa shape index (κ1) is 19.6. The maximum atomic E-state index is 12.9. The van der Waals surface area contributed by atoms with Gasteiger partial charge in [0, 0.05) is 37.7 Å². The van der Waals surface area contributed by atoms with E-state index in [1.165, 1.54) is 5.56 Å². The van der Waals surface area contributed by atoms with Crippen LogP contribution in [0.2, 0.25) is 0 Å². The molecule has 2 atom stereocenters. The quantitative estimate of drug-likeness (QED) is 0.819. The molecule has 2 aliphatic rings. The van der Waals surface area contributed by atoms with Crippen LogP contribution in [0, 0.1) is 18.8 Å². The van der Waals surface area contributed by atoms with Gasteiger partial charge in [-0.1, -0.05) is 24.3 Å². The summed E-state index contributed by atoms with van der Waals surface area (Å²) in [5.41, 5.74) is 9.05. The van der Waals surface area contributed by atoms with Crippen molar-refractivity contribution in [2.75, 3.05) is 18.4 Å². The Morgan fingerprint density at radius 2 is 1.90 bits per heavy atom. The number of aromatic nitrogens is 1. The number of aryl methyl sites for hydroxylation is 1. The van der Waals surface area contributed by atoms with Crippen molar-refractivity contribution in [3.8, 4) is 0 Å². The molecule has 2 fully saturated rings. The summed E-state index contributed by atoms with van der Waals surface area (Å²) in [5, 5.41) is 2.91. The molecule has 1 aliphatic carbocycles. The third-order valence-electron chi connectivity index (χ3n) is 6.10. The van der Waals surface area contributed by atoms with Crippen LogP contribution in [0.15, 0.2) is 42.6 Å². The minimum Gasteiger partial charge on any atom is -0.342 e. The minimum absolute atomic E-state index is 0.000471. The van der Waals surface area contributed by atoms with Gasteiger partial charge in [-0.25, -0.2) is 4.98 Å². The number of carbonyl (C=O) groups is 2. The van der Waals surface area contributed by atoms with Crippen LogP contribution < -0.4 is 11.1 Å². The Morgan fingerprint density at radius 3 is 2.55 bits per heavy atom. The van der Waals surface area contributed by atoms with Gasteiger partial charge in [0.1, 0.15) is 5.82 Å². The highest BCUT2D eigenvalue weighted by molar-refractivity contribution is 5.92. The number of amides is 2. The first-order chi connectivity index (χ1) is 14.0. The van der Waals surface area contributed by atoms with Crippen LogP contribution in [-0.2, 0) is 16.1 Å².